The summed E-state index contributed by atoms with van der Waals surface area (Å²) in [7, 11) is 0. The molecule has 0 aliphatic heterocycles. The lowest BCUT2D eigenvalue weighted by molar-refractivity contribution is -0.122. The fraction of sp³-hybridized carbons (Fsp3) is 0.364. The summed E-state index contributed by atoms with van der Waals surface area (Å²) < 4.78 is 0. The molecule has 1 fully saturated rings. The quantitative estimate of drug-likeness (QED) is 0.827. The lowest BCUT2D eigenvalue weighted by Gasteiger charge is -2.25. The van der Waals surface area contributed by atoms with Gasteiger partial charge < -0.3 is 10.6 Å². The summed E-state index contributed by atoms with van der Waals surface area (Å²) in [6.07, 6.45) is 5.97. The minimum Gasteiger partial charge on any atom is -0.353 e. The van der Waals surface area contributed by atoms with E-state index < -0.39 is 0 Å². The van der Waals surface area contributed by atoms with Gasteiger partial charge in [0.15, 0.2) is 0 Å². The Morgan fingerprint density at radius 3 is 2.15 bits per heavy atom. The molecule has 2 aromatic carbocycles. The maximum atomic E-state index is 12.6. The van der Waals surface area contributed by atoms with Crippen LogP contribution in [0.15, 0.2) is 60.7 Å². The van der Waals surface area contributed by atoms with Gasteiger partial charge in [0, 0.05) is 11.6 Å². The third-order valence-electron chi connectivity index (χ3n) is 4.90. The summed E-state index contributed by atoms with van der Waals surface area (Å²) in [6, 6.07) is 18.7. The zero-order valence-corrected chi connectivity index (χ0v) is 15.0. The first-order valence-electron chi connectivity index (χ1n) is 9.42. The number of rotatable bonds is 6. The van der Waals surface area contributed by atoms with E-state index in [-0.39, 0.29) is 30.3 Å². The summed E-state index contributed by atoms with van der Waals surface area (Å²) in [5.41, 5.74) is 1.54. The lowest BCUT2D eigenvalue weighted by Crippen LogP contribution is -2.39. The van der Waals surface area contributed by atoms with Crippen molar-refractivity contribution in [2.75, 3.05) is 0 Å². The van der Waals surface area contributed by atoms with E-state index in [0.29, 0.717) is 5.56 Å². The van der Waals surface area contributed by atoms with Crippen molar-refractivity contribution >= 4 is 11.8 Å². The van der Waals surface area contributed by atoms with E-state index in [1.54, 1.807) is 12.1 Å². The van der Waals surface area contributed by atoms with Crippen molar-refractivity contribution < 1.29 is 9.59 Å². The first kappa shape index (κ1) is 18.2. The molecule has 2 aromatic rings. The van der Waals surface area contributed by atoms with Crippen LogP contribution in [-0.2, 0) is 4.79 Å². The van der Waals surface area contributed by atoms with Crippen LogP contribution < -0.4 is 10.6 Å². The van der Waals surface area contributed by atoms with Crippen molar-refractivity contribution in [2.24, 2.45) is 0 Å². The van der Waals surface area contributed by atoms with Gasteiger partial charge in [-0.1, -0.05) is 67.8 Å². The number of hydrogen-bond acceptors (Lipinski definition) is 2. The summed E-state index contributed by atoms with van der Waals surface area (Å²) in [5, 5.41) is 6.16. The molecule has 3 rings (SSSR count). The van der Waals surface area contributed by atoms with Crippen molar-refractivity contribution in [2.45, 2.75) is 50.6 Å². The van der Waals surface area contributed by atoms with Gasteiger partial charge in [0.2, 0.25) is 5.91 Å². The van der Waals surface area contributed by atoms with Crippen molar-refractivity contribution in [3.05, 3.63) is 71.8 Å². The van der Waals surface area contributed by atoms with Crippen molar-refractivity contribution in [3.63, 3.8) is 0 Å². The third kappa shape index (κ3) is 5.19. The van der Waals surface area contributed by atoms with E-state index in [9.17, 15) is 9.59 Å². The van der Waals surface area contributed by atoms with E-state index in [2.05, 4.69) is 10.6 Å². The molecule has 0 saturated heterocycles. The van der Waals surface area contributed by atoms with Crippen LogP contribution in [0.5, 0.6) is 0 Å². The van der Waals surface area contributed by atoms with E-state index in [1.165, 1.54) is 19.3 Å². The van der Waals surface area contributed by atoms with Crippen molar-refractivity contribution in [1.82, 2.24) is 10.6 Å². The van der Waals surface area contributed by atoms with Gasteiger partial charge in [-0.25, -0.2) is 0 Å². The number of amides is 2. The summed E-state index contributed by atoms with van der Waals surface area (Å²) in [5.74, 6) is -0.163. The first-order valence-corrected chi connectivity index (χ1v) is 9.42. The van der Waals surface area contributed by atoms with Gasteiger partial charge in [-0.3, -0.25) is 9.59 Å². The first-order chi connectivity index (χ1) is 12.7. The van der Waals surface area contributed by atoms with Gasteiger partial charge in [-0.05, 0) is 30.5 Å². The van der Waals surface area contributed by atoms with Crippen LogP contribution in [0.3, 0.4) is 0 Å². The van der Waals surface area contributed by atoms with E-state index in [0.717, 1.165) is 18.4 Å². The smallest absolute Gasteiger partial charge is 0.251 e. The second kappa shape index (κ2) is 9.18. The van der Waals surface area contributed by atoms with Crippen LogP contribution >= 0.6 is 0 Å². The van der Waals surface area contributed by atoms with Crippen LogP contribution in [0.4, 0.5) is 0 Å². The molecule has 4 heteroatoms. The molecule has 1 aliphatic rings. The van der Waals surface area contributed by atoms with Crippen molar-refractivity contribution in [1.29, 1.82) is 0 Å². The molecule has 0 bridgehead atoms. The maximum Gasteiger partial charge on any atom is 0.251 e. The largest absolute Gasteiger partial charge is 0.353 e. The average molecular weight is 350 g/mol. The Morgan fingerprint density at radius 1 is 0.885 bits per heavy atom. The number of carbonyl (C=O) groups excluding carboxylic acids is 2. The molecule has 2 amide bonds. The predicted molar refractivity (Wildman–Crippen MR) is 103 cm³/mol. The Morgan fingerprint density at radius 2 is 1.50 bits per heavy atom. The minimum atomic E-state index is -0.340. The summed E-state index contributed by atoms with van der Waals surface area (Å²) in [6.45, 7) is 0. The molecule has 1 atom stereocenters. The van der Waals surface area contributed by atoms with Gasteiger partial charge in [0.25, 0.3) is 5.91 Å². The van der Waals surface area contributed by atoms with Crippen LogP contribution in [0.1, 0.15) is 60.5 Å². The van der Waals surface area contributed by atoms with Crippen molar-refractivity contribution in [3.8, 4) is 0 Å². The highest BCUT2D eigenvalue weighted by Crippen LogP contribution is 2.20. The van der Waals surface area contributed by atoms with Crippen LogP contribution in [0, 0.1) is 0 Å². The molecule has 136 valence electrons. The molecule has 2 N–H and O–H groups in total. The fourth-order valence-electron chi connectivity index (χ4n) is 3.49. The van der Waals surface area contributed by atoms with Crippen LogP contribution in [-0.4, -0.2) is 17.9 Å². The second-order valence-electron chi connectivity index (χ2n) is 6.91. The standard InChI is InChI=1S/C22H26N2O2/c25-21(23-19-14-8-3-9-15-19)16-20(17-10-4-1-5-11-17)24-22(26)18-12-6-2-7-13-18/h1-2,4-7,10-13,19-20H,3,8-9,14-16H2,(H,23,25)(H,24,26). The lowest BCUT2D eigenvalue weighted by atomic mass is 9.95. The Balaban J connectivity index is 1.67. The highest BCUT2D eigenvalue weighted by molar-refractivity contribution is 5.94. The Bertz CT molecular complexity index is 709. The Hall–Kier alpha value is -2.62. The van der Waals surface area contributed by atoms with Gasteiger partial charge in [0.1, 0.15) is 0 Å². The zero-order chi connectivity index (χ0) is 18.2. The predicted octanol–water partition coefficient (Wildman–Crippen LogP) is 4.00. The zero-order valence-electron chi connectivity index (χ0n) is 15.0. The Kier molecular flexibility index (Phi) is 6.42. The molecule has 0 spiro atoms. The molecule has 0 heterocycles. The second-order valence-corrected chi connectivity index (χ2v) is 6.91. The molecule has 4 nitrogen and oxygen atoms in total. The van der Waals surface area contributed by atoms with Gasteiger partial charge in [-0.15, -0.1) is 0 Å². The molecule has 0 aromatic heterocycles. The average Bonchev–Trinajstić information content (AvgIpc) is 2.69. The van der Waals surface area contributed by atoms with E-state index >= 15 is 0 Å². The minimum absolute atomic E-state index is 0.000820. The van der Waals surface area contributed by atoms with E-state index in [4.69, 9.17) is 0 Å². The van der Waals surface area contributed by atoms with Crippen LogP contribution in [0.2, 0.25) is 0 Å². The topological polar surface area (TPSA) is 58.2 Å². The summed E-state index contributed by atoms with van der Waals surface area (Å²) in [4.78, 5) is 25.1. The number of hydrogen-bond donors (Lipinski definition) is 2. The normalized spacial score (nSPS) is 15.8. The van der Waals surface area contributed by atoms with Crippen LogP contribution in [0.25, 0.3) is 0 Å². The Labute approximate surface area is 155 Å². The maximum absolute atomic E-state index is 12.6. The molecule has 1 aliphatic carbocycles. The van der Waals surface area contributed by atoms with Gasteiger partial charge >= 0.3 is 0 Å². The SMILES string of the molecule is O=C(CC(NC(=O)c1ccccc1)c1ccccc1)NC1CCCCC1. The van der Waals surface area contributed by atoms with Gasteiger partial charge in [-0.2, -0.15) is 0 Å². The number of benzene rings is 2. The van der Waals surface area contributed by atoms with E-state index in [1.807, 2.05) is 48.5 Å². The molecule has 0 radical (unpaired) electrons. The molecular weight excluding hydrogens is 324 g/mol. The number of nitrogens with one attached hydrogen (secondary N) is 2. The fourth-order valence-corrected chi connectivity index (χ4v) is 3.49. The molecule has 1 unspecified atom stereocenters. The highest BCUT2D eigenvalue weighted by Gasteiger charge is 2.21. The molecular formula is C22H26N2O2. The number of carbonyl (C=O) groups is 2. The third-order valence-corrected chi connectivity index (χ3v) is 4.90. The highest BCUT2D eigenvalue weighted by atomic mass is 16.2. The summed E-state index contributed by atoms with van der Waals surface area (Å²) >= 11 is 0. The molecule has 26 heavy (non-hydrogen) atoms. The molecule has 1 saturated carbocycles. The monoisotopic (exact) mass is 350 g/mol. The van der Waals surface area contributed by atoms with Gasteiger partial charge in [0.05, 0.1) is 12.5 Å².